The maximum absolute atomic E-state index is 12.2. The van der Waals surface area contributed by atoms with Gasteiger partial charge in [0.1, 0.15) is 0 Å². The summed E-state index contributed by atoms with van der Waals surface area (Å²) in [5.41, 5.74) is 0. The Morgan fingerprint density at radius 1 is 1.39 bits per heavy atom. The third-order valence-electron chi connectivity index (χ3n) is 4.21. The standard InChI is InChI=1S/C14H25NO3/c1-4-10(2)11(14(17)18)9-13(16)12-7-5-6-8-15(12)3/h10-12H,4-9H2,1-3H3,(H,17,18)/t10-,11-,12+/m0/s1. The molecule has 0 aliphatic carbocycles. The van der Waals surface area contributed by atoms with E-state index in [2.05, 4.69) is 4.90 Å². The number of hydrogen-bond donors (Lipinski definition) is 1. The number of carboxylic acids is 1. The van der Waals surface area contributed by atoms with Crippen LogP contribution in [0.1, 0.15) is 46.0 Å². The Hall–Kier alpha value is -0.900. The third kappa shape index (κ3) is 3.80. The van der Waals surface area contributed by atoms with Crippen LogP contribution in [0.3, 0.4) is 0 Å². The topological polar surface area (TPSA) is 57.6 Å². The van der Waals surface area contributed by atoms with E-state index >= 15 is 0 Å². The molecule has 0 unspecified atom stereocenters. The normalized spacial score (nSPS) is 24.5. The highest BCUT2D eigenvalue weighted by molar-refractivity contribution is 5.88. The molecule has 1 saturated heterocycles. The van der Waals surface area contributed by atoms with Crippen LogP contribution in [0, 0.1) is 11.8 Å². The summed E-state index contributed by atoms with van der Waals surface area (Å²) in [6.07, 6.45) is 4.06. The summed E-state index contributed by atoms with van der Waals surface area (Å²) in [6, 6.07) is -0.0651. The van der Waals surface area contributed by atoms with E-state index in [0.717, 1.165) is 32.2 Å². The SMILES string of the molecule is CC[C@H](C)[C@H](CC(=O)[C@H]1CCCCN1C)C(=O)O. The van der Waals surface area contributed by atoms with Crippen LogP contribution < -0.4 is 0 Å². The summed E-state index contributed by atoms with van der Waals surface area (Å²) in [7, 11) is 1.96. The van der Waals surface area contributed by atoms with Gasteiger partial charge in [-0.3, -0.25) is 14.5 Å². The molecular weight excluding hydrogens is 230 g/mol. The minimum atomic E-state index is -0.837. The van der Waals surface area contributed by atoms with E-state index < -0.39 is 11.9 Å². The summed E-state index contributed by atoms with van der Waals surface area (Å²) >= 11 is 0. The van der Waals surface area contributed by atoms with Crippen molar-refractivity contribution in [2.45, 2.75) is 52.0 Å². The molecule has 3 atom stereocenters. The average Bonchev–Trinajstić information content (AvgIpc) is 2.35. The molecule has 1 aliphatic heterocycles. The van der Waals surface area contributed by atoms with E-state index in [1.165, 1.54) is 0 Å². The van der Waals surface area contributed by atoms with Crippen molar-refractivity contribution in [3.05, 3.63) is 0 Å². The van der Waals surface area contributed by atoms with Crippen molar-refractivity contribution in [1.82, 2.24) is 4.90 Å². The highest BCUT2D eigenvalue weighted by Crippen LogP contribution is 2.24. The Morgan fingerprint density at radius 3 is 2.56 bits per heavy atom. The summed E-state index contributed by atoms with van der Waals surface area (Å²) in [6.45, 7) is 4.83. The predicted molar refractivity (Wildman–Crippen MR) is 70.5 cm³/mol. The molecule has 0 spiro atoms. The zero-order chi connectivity index (χ0) is 13.7. The Labute approximate surface area is 109 Å². The smallest absolute Gasteiger partial charge is 0.307 e. The molecule has 0 amide bonds. The van der Waals surface area contributed by atoms with Gasteiger partial charge in [0.15, 0.2) is 5.78 Å². The fraction of sp³-hybridized carbons (Fsp3) is 0.857. The van der Waals surface area contributed by atoms with Gasteiger partial charge in [-0.1, -0.05) is 26.7 Å². The van der Waals surface area contributed by atoms with E-state index in [4.69, 9.17) is 0 Å². The van der Waals surface area contributed by atoms with Crippen LogP contribution in [-0.4, -0.2) is 41.4 Å². The number of likely N-dealkylation sites (tertiary alicyclic amines) is 1. The van der Waals surface area contributed by atoms with Gasteiger partial charge in [0.25, 0.3) is 0 Å². The first-order valence-corrected chi connectivity index (χ1v) is 6.93. The predicted octanol–water partition coefficient (Wildman–Crippen LogP) is 2.18. The number of piperidine rings is 1. The monoisotopic (exact) mass is 255 g/mol. The fourth-order valence-corrected chi connectivity index (χ4v) is 2.65. The van der Waals surface area contributed by atoms with Gasteiger partial charge in [0.2, 0.25) is 0 Å². The van der Waals surface area contributed by atoms with Crippen molar-refractivity contribution in [2.75, 3.05) is 13.6 Å². The number of aliphatic carboxylic acids is 1. The molecule has 0 bridgehead atoms. The second-order valence-electron chi connectivity index (χ2n) is 5.49. The minimum absolute atomic E-state index is 0.0559. The third-order valence-corrected chi connectivity index (χ3v) is 4.21. The number of carbonyl (C=O) groups is 2. The van der Waals surface area contributed by atoms with Gasteiger partial charge in [0, 0.05) is 6.42 Å². The highest BCUT2D eigenvalue weighted by atomic mass is 16.4. The first kappa shape index (κ1) is 15.2. The summed E-state index contributed by atoms with van der Waals surface area (Å²) < 4.78 is 0. The first-order valence-electron chi connectivity index (χ1n) is 6.93. The lowest BCUT2D eigenvalue weighted by atomic mass is 9.84. The van der Waals surface area contributed by atoms with Crippen molar-refractivity contribution >= 4 is 11.8 Å². The molecule has 1 aliphatic rings. The lowest BCUT2D eigenvalue weighted by molar-refractivity contribution is -0.146. The van der Waals surface area contributed by atoms with Crippen LogP contribution in [-0.2, 0) is 9.59 Å². The maximum atomic E-state index is 12.2. The Kier molecular flexibility index (Phi) is 5.79. The molecule has 1 N–H and O–H groups in total. The Morgan fingerprint density at radius 2 is 2.06 bits per heavy atom. The van der Waals surface area contributed by atoms with Crippen LogP contribution in [0.4, 0.5) is 0 Å². The average molecular weight is 255 g/mol. The zero-order valence-electron chi connectivity index (χ0n) is 11.7. The van der Waals surface area contributed by atoms with E-state index in [0.29, 0.717) is 0 Å². The zero-order valence-corrected chi connectivity index (χ0v) is 11.7. The van der Waals surface area contributed by atoms with E-state index in [1.807, 2.05) is 20.9 Å². The number of rotatable bonds is 6. The number of carboxylic acid groups (broad SMARTS) is 1. The van der Waals surface area contributed by atoms with Crippen LogP contribution in [0.5, 0.6) is 0 Å². The van der Waals surface area contributed by atoms with E-state index in [9.17, 15) is 14.7 Å². The molecule has 0 aromatic heterocycles. The fourth-order valence-electron chi connectivity index (χ4n) is 2.65. The molecule has 1 fully saturated rings. The number of nitrogens with zero attached hydrogens (tertiary/aromatic N) is 1. The Balaban J connectivity index is 2.63. The molecule has 0 aromatic carbocycles. The molecular formula is C14H25NO3. The molecule has 4 nitrogen and oxygen atoms in total. The molecule has 1 heterocycles. The van der Waals surface area contributed by atoms with E-state index in [1.54, 1.807) is 0 Å². The van der Waals surface area contributed by atoms with Gasteiger partial charge in [0.05, 0.1) is 12.0 Å². The van der Waals surface area contributed by atoms with Crippen molar-refractivity contribution in [3.63, 3.8) is 0 Å². The number of hydrogen-bond acceptors (Lipinski definition) is 3. The van der Waals surface area contributed by atoms with Gasteiger partial charge in [-0.25, -0.2) is 0 Å². The van der Waals surface area contributed by atoms with Crippen molar-refractivity contribution in [1.29, 1.82) is 0 Å². The lowest BCUT2D eigenvalue weighted by Crippen LogP contribution is -2.43. The van der Waals surface area contributed by atoms with Gasteiger partial charge >= 0.3 is 5.97 Å². The number of ketones is 1. The Bertz CT molecular complexity index is 303. The highest BCUT2D eigenvalue weighted by Gasteiger charge is 2.32. The number of carbonyl (C=O) groups excluding carboxylic acids is 1. The molecule has 0 saturated carbocycles. The molecule has 4 heteroatoms. The van der Waals surface area contributed by atoms with Crippen LogP contribution in [0.15, 0.2) is 0 Å². The van der Waals surface area contributed by atoms with Gasteiger partial charge in [-0.15, -0.1) is 0 Å². The second-order valence-corrected chi connectivity index (χ2v) is 5.49. The lowest BCUT2D eigenvalue weighted by Gasteiger charge is -2.32. The van der Waals surface area contributed by atoms with Gasteiger partial charge in [-0.05, 0) is 32.4 Å². The molecule has 1 rings (SSSR count). The van der Waals surface area contributed by atoms with Crippen molar-refractivity contribution in [2.24, 2.45) is 11.8 Å². The summed E-state index contributed by atoms with van der Waals surface area (Å²) in [5, 5.41) is 9.22. The number of Topliss-reactive ketones (excluding diaryl/α,β-unsaturated/α-hetero) is 1. The number of likely N-dealkylation sites (N-methyl/N-ethyl adjacent to an activating group) is 1. The van der Waals surface area contributed by atoms with Crippen LogP contribution in [0.25, 0.3) is 0 Å². The summed E-state index contributed by atoms with van der Waals surface area (Å²) in [5.74, 6) is -1.21. The molecule has 0 aromatic rings. The van der Waals surface area contributed by atoms with Gasteiger partial charge < -0.3 is 5.11 Å². The largest absolute Gasteiger partial charge is 0.481 e. The molecule has 104 valence electrons. The molecule has 18 heavy (non-hydrogen) atoms. The van der Waals surface area contributed by atoms with Crippen LogP contribution >= 0.6 is 0 Å². The van der Waals surface area contributed by atoms with Crippen molar-refractivity contribution < 1.29 is 14.7 Å². The minimum Gasteiger partial charge on any atom is -0.481 e. The molecule has 0 radical (unpaired) electrons. The first-order chi connectivity index (χ1) is 8.47. The van der Waals surface area contributed by atoms with Crippen LogP contribution in [0.2, 0.25) is 0 Å². The maximum Gasteiger partial charge on any atom is 0.307 e. The second kappa shape index (κ2) is 6.88. The van der Waals surface area contributed by atoms with Crippen molar-refractivity contribution in [3.8, 4) is 0 Å². The van der Waals surface area contributed by atoms with Gasteiger partial charge in [-0.2, -0.15) is 0 Å². The summed E-state index contributed by atoms with van der Waals surface area (Å²) in [4.78, 5) is 25.5. The quantitative estimate of drug-likeness (QED) is 0.790. The van der Waals surface area contributed by atoms with E-state index in [-0.39, 0.29) is 24.2 Å².